The van der Waals surface area contributed by atoms with Gasteiger partial charge >= 0.3 is 0 Å². The standard InChI is InChI=1S/C17H27N3OS/c1-3-17(4-2)11-19-15(21)14(17)18-9-13-10-22-16(20-13)12-7-5-6-8-12/h10,12,14,18H,3-9,11H2,1-2H3,(H,19,21). The number of nitrogens with one attached hydrogen (secondary N) is 2. The molecule has 2 fully saturated rings. The Morgan fingerprint density at radius 2 is 2.09 bits per heavy atom. The average molecular weight is 321 g/mol. The lowest BCUT2D eigenvalue weighted by atomic mass is 9.77. The third-order valence-electron chi connectivity index (χ3n) is 5.66. The molecule has 0 spiro atoms. The number of carbonyl (C=O) groups is 1. The van der Waals surface area contributed by atoms with E-state index < -0.39 is 0 Å². The van der Waals surface area contributed by atoms with E-state index in [0.29, 0.717) is 12.5 Å². The summed E-state index contributed by atoms with van der Waals surface area (Å²) in [5, 5.41) is 9.96. The van der Waals surface area contributed by atoms with Crippen molar-refractivity contribution in [2.24, 2.45) is 5.41 Å². The minimum absolute atomic E-state index is 0.0569. The number of amides is 1. The highest BCUT2D eigenvalue weighted by Gasteiger charge is 2.45. The molecule has 1 aliphatic carbocycles. The molecule has 3 rings (SSSR count). The number of hydrogen-bond acceptors (Lipinski definition) is 4. The highest BCUT2D eigenvalue weighted by atomic mass is 32.1. The summed E-state index contributed by atoms with van der Waals surface area (Å²) in [4.78, 5) is 17.0. The van der Waals surface area contributed by atoms with Gasteiger partial charge in [0.15, 0.2) is 0 Å². The summed E-state index contributed by atoms with van der Waals surface area (Å²) in [6, 6.07) is -0.0841. The van der Waals surface area contributed by atoms with Gasteiger partial charge in [0.2, 0.25) is 5.91 Å². The van der Waals surface area contributed by atoms with Gasteiger partial charge in [-0.1, -0.05) is 26.7 Å². The summed E-state index contributed by atoms with van der Waals surface area (Å²) < 4.78 is 0. The first kappa shape index (κ1) is 15.9. The zero-order chi connectivity index (χ0) is 15.6. The molecule has 0 aromatic carbocycles. The Balaban J connectivity index is 1.63. The zero-order valence-electron chi connectivity index (χ0n) is 13.7. The third-order valence-corrected chi connectivity index (χ3v) is 6.71. The maximum atomic E-state index is 12.2. The fourth-order valence-electron chi connectivity index (χ4n) is 3.93. The second kappa shape index (κ2) is 6.67. The van der Waals surface area contributed by atoms with Crippen LogP contribution in [0.3, 0.4) is 0 Å². The van der Waals surface area contributed by atoms with Crippen molar-refractivity contribution in [3.8, 4) is 0 Å². The van der Waals surface area contributed by atoms with Crippen molar-refractivity contribution in [2.45, 2.75) is 70.9 Å². The molecule has 1 saturated carbocycles. The predicted octanol–water partition coefficient (Wildman–Crippen LogP) is 3.20. The molecule has 1 unspecified atom stereocenters. The van der Waals surface area contributed by atoms with Crippen LogP contribution in [-0.4, -0.2) is 23.5 Å². The molecule has 1 atom stereocenters. The predicted molar refractivity (Wildman–Crippen MR) is 90.0 cm³/mol. The molecule has 122 valence electrons. The Hall–Kier alpha value is -0.940. The summed E-state index contributed by atoms with van der Waals surface area (Å²) in [5.74, 6) is 0.828. The average Bonchev–Trinajstić information content (AvgIpc) is 3.26. The summed E-state index contributed by atoms with van der Waals surface area (Å²) in [5.41, 5.74) is 1.15. The maximum absolute atomic E-state index is 12.2. The van der Waals surface area contributed by atoms with Crippen molar-refractivity contribution >= 4 is 17.2 Å². The van der Waals surface area contributed by atoms with E-state index in [0.717, 1.165) is 25.1 Å². The first-order valence-corrected chi connectivity index (χ1v) is 9.52. The molecule has 22 heavy (non-hydrogen) atoms. The molecule has 5 heteroatoms. The smallest absolute Gasteiger partial charge is 0.237 e. The lowest BCUT2D eigenvalue weighted by molar-refractivity contribution is -0.122. The normalized spacial score (nSPS) is 24.8. The van der Waals surface area contributed by atoms with Gasteiger partial charge in [-0.05, 0) is 25.7 Å². The summed E-state index contributed by atoms with van der Waals surface area (Å²) >= 11 is 1.79. The molecule has 1 aromatic heterocycles. The van der Waals surface area contributed by atoms with Crippen LogP contribution in [-0.2, 0) is 11.3 Å². The Labute approximate surface area is 137 Å². The molecular formula is C17H27N3OS. The van der Waals surface area contributed by atoms with E-state index in [-0.39, 0.29) is 17.4 Å². The fraction of sp³-hybridized carbons (Fsp3) is 0.765. The molecule has 2 heterocycles. The quantitative estimate of drug-likeness (QED) is 0.846. The van der Waals surface area contributed by atoms with Crippen LogP contribution < -0.4 is 10.6 Å². The molecule has 1 amide bonds. The van der Waals surface area contributed by atoms with E-state index in [1.54, 1.807) is 11.3 Å². The van der Waals surface area contributed by atoms with Crippen LogP contribution in [0.15, 0.2) is 5.38 Å². The van der Waals surface area contributed by atoms with Gasteiger partial charge in [-0.2, -0.15) is 0 Å². The third kappa shape index (κ3) is 2.93. The molecule has 2 aliphatic rings. The van der Waals surface area contributed by atoms with Gasteiger partial charge in [0, 0.05) is 29.8 Å². The minimum Gasteiger partial charge on any atom is -0.354 e. The van der Waals surface area contributed by atoms with E-state index >= 15 is 0 Å². The van der Waals surface area contributed by atoms with Crippen molar-refractivity contribution in [1.29, 1.82) is 0 Å². The van der Waals surface area contributed by atoms with Crippen LogP contribution in [0.5, 0.6) is 0 Å². The SMILES string of the molecule is CCC1(CC)CNC(=O)C1NCc1csc(C2CCCC2)n1. The van der Waals surface area contributed by atoms with Gasteiger partial charge in [0.1, 0.15) is 0 Å². The van der Waals surface area contributed by atoms with Gasteiger partial charge in [0.25, 0.3) is 0 Å². The summed E-state index contributed by atoms with van der Waals surface area (Å²) in [7, 11) is 0. The fourth-order valence-corrected chi connectivity index (χ4v) is 4.92. The van der Waals surface area contributed by atoms with Crippen LogP contribution >= 0.6 is 11.3 Å². The van der Waals surface area contributed by atoms with E-state index in [1.165, 1.54) is 30.7 Å². The highest BCUT2D eigenvalue weighted by molar-refractivity contribution is 7.09. The second-order valence-corrected chi connectivity index (χ2v) is 7.65. The summed E-state index contributed by atoms with van der Waals surface area (Å²) in [6.07, 6.45) is 7.31. The van der Waals surface area contributed by atoms with Gasteiger partial charge in [-0.25, -0.2) is 4.98 Å². The number of aromatic nitrogens is 1. The summed E-state index contributed by atoms with van der Waals surface area (Å²) in [6.45, 7) is 5.85. The largest absolute Gasteiger partial charge is 0.354 e. The molecule has 0 radical (unpaired) electrons. The monoisotopic (exact) mass is 321 g/mol. The van der Waals surface area contributed by atoms with Gasteiger partial charge in [-0.15, -0.1) is 11.3 Å². The van der Waals surface area contributed by atoms with Crippen LogP contribution in [0, 0.1) is 5.41 Å². The number of carbonyl (C=O) groups excluding carboxylic acids is 1. The second-order valence-electron chi connectivity index (χ2n) is 6.76. The van der Waals surface area contributed by atoms with Crippen molar-refractivity contribution in [3.05, 3.63) is 16.1 Å². The van der Waals surface area contributed by atoms with Crippen LogP contribution in [0.1, 0.15) is 69.0 Å². The van der Waals surface area contributed by atoms with Crippen LogP contribution in [0.2, 0.25) is 0 Å². The van der Waals surface area contributed by atoms with Crippen LogP contribution in [0.4, 0.5) is 0 Å². The van der Waals surface area contributed by atoms with E-state index in [2.05, 4.69) is 29.9 Å². The zero-order valence-corrected chi connectivity index (χ0v) is 14.5. The Morgan fingerprint density at radius 1 is 1.36 bits per heavy atom. The Kier molecular flexibility index (Phi) is 4.83. The molecule has 1 saturated heterocycles. The van der Waals surface area contributed by atoms with Crippen molar-refractivity contribution in [1.82, 2.24) is 15.6 Å². The first-order chi connectivity index (χ1) is 10.7. The van der Waals surface area contributed by atoms with Gasteiger partial charge < -0.3 is 5.32 Å². The lowest BCUT2D eigenvalue weighted by Crippen LogP contribution is -2.45. The maximum Gasteiger partial charge on any atom is 0.237 e. The number of hydrogen-bond donors (Lipinski definition) is 2. The van der Waals surface area contributed by atoms with Gasteiger partial charge in [0.05, 0.1) is 16.7 Å². The molecule has 2 N–H and O–H groups in total. The molecule has 4 nitrogen and oxygen atoms in total. The van der Waals surface area contributed by atoms with E-state index in [4.69, 9.17) is 4.98 Å². The van der Waals surface area contributed by atoms with E-state index in [1.807, 2.05) is 0 Å². The molecular weight excluding hydrogens is 294 g/mol. The highest BCUT2D eigenvalue weighted by Crippen LogP contribution is 2.36. The number of nitrogens with zero attached hydrogens (tertiary/aromatic N) is 1. The van der Waals surface area contributed by atoms with E-state index in [9.17, 15) is 4.79 Å². The van der Waals surface area contributed by atoms with Crippen molar-refractivity contribution in [2.75, 3.05) is 6.54 Å². The van der Waals surface area contributed by atoms with Crippen LogP contribution in [0.25, 0.3) is 0 Å². The minimum atomic E-state index is -0.0841. The first-order valence-electron chi connectivity index (χ1n) is 8.64. The van der Waals surface area contributed by atoms with Crippen molar-refractivity contribution in [3.63, 3.8) is 0 Å². The molecule has 1 aromatic rings. The Morgan fingerprint density at radius 3 is 2.77 bits per heavy atom. The van der Waals surface area contributed by atoms with Crippen molar-refractivity contribution < 1.29 is 4.79 Å². The molecule has 1 aliphatic heterocycles. The van der Waals surface area contributed by atoms with Gasteiger partial charge in [-0.3, -0.25) is 10.1 Å². The number of rotatable bonds is 6. The number of thiazole rings is 1. The Bertz CT molecular complexity index is 518. The molecule has 0 bridgehead atoms. The lowest BCUT2D eigenvalue weighted by Gasteiger charge is -2.31. The topological polar surface area (TPSA) is 54.0 Å².